The lowest BCUT2D eigenvalue weighted by molar-refractivity contribution is 1.14. The number of rotatable bonds is 3. The number of nitriles is 2. The van der Waals surface area contributed by atoms with Gasteiger partial charge in [-0.25, -0.2) is 4.98 Å². The van der Waals surface area contributed by atoms with Gasteiger partial charge in [0.2, 0.25) is 5.95 Å². The minimum atomic E-state index is 0.316. The molecule has 1 aromatic carbocycles. The van der Waals surface area contributed by atoms with Gasteiger partial charge in [-0.15, -0.1) is 0 Å². The summed E-state index contributed by atoms with van der Waals surface area (Å²) in [5, 5.41) is 23.8. The summed E-state index contributed by atoms with van der Waals surface area (Å²) in [4.78, 5) is 8.31. The number of benzene rings is 1. The minimum absolute atomic E-state index is 0.316. The normalized spacial score (nSPS) is 9.40. The molecule has 98 valence electrons. The summed E-state index contributed by atoms with van der Waals surface area (Å²) >= 11 is 3.35. The summed E-state index contributed by atoms with van der Waals surface area (Å²) in [6.45, 7) is 0. The van der Waals surface area contributed by atoms with Crippen molar-refractivity contribution in [3.8, 4) is 12.1 Å². The Bertz CT molecular complexity index is 729. The number of anilines is 3. The van der Waals surface area contributed by atoms with E-state index < -0.39 is 0 Å². The highest BCUT2D eigenvalue weighted by molar-refractivity contribution is 9.10. The van der Waals surface area contributed by atoms with Gasteiger partial charge in [-0.3, -0.25) is 0 Å². The molecule has 0 aliphatic carbocycles. The quantitative estimate of drug-likeness (QED) is 0.899. The van der Waals surface area contributed by atoms with Crippen LogP contribution in [0.3, 0.4) is 0 Å². The van der Waals surface area contributed by atoms with Crippen molar-refractivity contribution < 1.29 is 0 Å². The van der Waals surface area contributed by atoms with Gasteiger partial charge in [-0.1, -0.05) is 0 Å². The van der Waals surface area contributed by atoms with Crippen LogP contribution in [0.15, 0.2) is 28.9 Å². The highest BCUT2D eigenvalue weighted by Crippen LogP contribution is 2.25. The molecule has 0 bridgehead atoms. The number of hydrogen-bond donors (Lipinski definition) is 2. The molecule has 2 aromatic rings. The Morgan fingerprint density at radius 2 is 1.95 bits per heavy atom. The summed E-state index contributed by atoms with van der Waals surface area (Å²) in [5.41, 5.74) is 1.33. The molecule has 0 saturated carbocycles. The molecule has 0 aliphatic rings. The van der Waals surface area contributed by atoms with Crippen LogP contribution in [0.5, 0.6) is 0 Å². The molecule has 6 nitrogen and oxygen atoms in total. The zero-order chi connectivity index (χ0) is 14.5. The predicted octanol–water partition coefficient (Wildman–Crippen LogP) is 2.77. The van der Waals surface area contributed by atoms with Crippen molar-refractivity contribution in [3.05, 3.63) is 40.0 Å². The lowest BCUT2D eigenvalue weighted by Gasteiger charge is -2.09. The Balaban J connectivity index is 2.36. The number of nitrogens with zero attached hydrogens (tertiary/aromatic N) is 4. The van der Waals surface area contributed by atoms with Crippen LogP contribution in [0.1, 0.15) is 11.1 Å². The van der Waals surface area contributed by atoms with Gasteiger partial charge in [0.25, 0.3) is 0 Å². The van der Waals surface area contributed by atoms with Crippen molar-refractivity contribution >= 4 is 33.4 Å². The third kappa shape index (κ3) is 2.85. The van der Waals surface area contributed by atoms with Gasteiger partial charge in [-0.2, -0.15) is 15.5 Å². The number of halogens is 1. The molecule has 2 N–H and O–H groups in total. The van der Waals surface area contributed by atoms with Crippen molar-refractivity contribution in [3.63, 3.8) is 0 Å². The smallest absolute Gasteiger partial charge is 0.224 e. The van der Waals surface area contributed by atoms with Crippen LogP contribution in [0.2, 0.25) is 0 Å². The molecule has 20 heavy (non-hydrogen) atoms. The molecular weight excluding hydrogens is 320 g/mol. The average Bonchev–Trinajstić information content (AvgIpc) is 2.49. The molecule has 0 aliphatic heterocycles. The van der Waals surface area contributed by atoms with E-state index in [0.29, 0.717) is 33.1 Å². The molecule has 0 saturated heterocycles. The van der Waals surface area contributed by atoms with E-state index in [1.807, 2.05) is 12.1 Å². The Morgan fingerprint density at radius 3 is 2.60 bits per heavy atom. The lowest BCUT2D eigenvalue weighted by Crippen LogP contribution is -2.01. The van der Waals surface area contributed by atoms with Gasteiger partial charge in [0.15, 0.2) is 0 Å². The Kier molecular flexibility index (Phi) is 4.14. The van der Waals surface area contributed by atoms with E-state index >= 15 is 0 Å². The number of aromatic nitrogens is 2. The molecule has 0 unspecified atom stereocenters. The topological polar surface area (TPSA) is 97.4 Å². The fraction of sp³-hybridized carbons (Fsp3) is 0.0769. The standard InChI is InChI=1S/C13H9BrN6/c1-17-13-18-7-11(14)12(20-13)19-10-3-2-8(5-15)9(4-10)6-16/h2-4,7H,1H3,(H2,17,18,19,20). The monoisotopic (exact) mass is 328 g/mol. The van der Waals surface area contributed by atoms with Crippen molar-refractivity contribution in [1.29, 1.82) is 10.5 Å². The van der Waals surface area contributed by atoms with Gasteiger partial charge in [0, 0.05) is 18.9 Å². The Labute approximate surface area is 124 Å². The number of hydrogen-bond acceptors (Lipinski definition) is 6. The molecule has 0 spiro atoms. The fourth-order valence-corrected chi connectivity index (χ4v) is 1.81. The van der Waals surface area contributed by atoms with Crippen molar-refractivity contribution in [2.75, 3.05) is 17.7 Å². The molecule has 0 radical (unpaired) electrons. The Hall–Kier alpha value is -2.64. The van der Waals surface area contributed by atoms with Gasteiger partial charge >= 0.3 is 0 Å². The highest BCUT2D eigenvalue weighted by atomic mass is 79.9. The van der Waals surface area contributed by atoms with E-state index in [9.17, 15) is 0 Å². The SMILES string of the molecule is CNc1ncc(Br)c(Nc2ccc(C#N)c(C#N)c2)n1. The van der Waals surface area contributed by atoms with Gasteiger partial charge in [0.05, 0.1) is 15.6 Å². The molecule has 1 heterocycles. The fourth-order valence-electron chi connectivity index (χ4n) is 1.52. The predicted molar refractivity (Wildman–Crippen MR) is 78.4 cm³/mol. The maximum atomic E-state index is 9.00. The van der Waals surface area contributed by atoms with Gasteiger partial charge in [0.1, 0.15) is 18.0 Å². The third-order valence-electron chi connectivity index (χ3n) is 2.49. The van der Waals surface area contributed by atoms with E-state index in [1.54, 1.807) is 31.4 Å². The summed E-state index contributed by atoms with van der Waals surface area (Å²) < 4.78 is 0.694. The molecular formula is C13H9BrN6. The lowest BCUT2D eigenvalue weighted by atomic mass is 10.1. The molecule has 0 fully saturated rings. The molecule has 1 aromatic heterocycles. The molecule has 0 atom stereocenters. The molecule has 7 heteroatoms. The second kappa shape index (κ2) is 6.00. The minimum Gasteiger partial charge on any atom is -0.357 e. The van der Waals surface area contributed by atoms with Crippen LogP contribution in [0, 0.1) is 22.7 Å². The van der Waals surface area contributed by atoms with E-state index in [2.05, 4.69) is 36.5 Å². The molecule has 0 amide bonds. The third-order valence-corrected chi connectivity index (χ3v) is 3.07. The Morgan fingerprint density at radius 1 is 1.20 bits per heavy atom. The molecule has 2 rings (SSSR count). The van der Waals surface area contributed by atoms with Crippen LogP contribution in [0.25, 0.3) is 0 Å². The van der Waals surface area contributed by atoms with Crippen LogP contribution in [-0.2, 0) is 0 Å². The first kappa shape index (κ1) is 13.8. The van der Waals surface area contributed by atoms with Crippen molar-refractivity contribution in [2.45, 2.75) is 0 Å². The van der Waals surface area contributed by atoms with Crippen LogP contribution in [-0.4, -0.2) is 17.0 Å². The summed E-state index contributed by atoms with van der Waals surface area (Å²) in [7, 11) is 1.72. The van der Waals surface area contributed by atoms with Crippen LogP contribution in [0.4, 0.5) is 17.5 Å². The average molecular weight is 329 g/mol. The van der Waals surface area contributed by atoms with Crippen LogP contribution >= 0.6 is 15.9 Å². The largest absolute Gasteiger partial charge is 0.357 e. The summed E-state index contributed by atoms with van der Waals surface area (Å²) in [6, 6.07) is 8.87. The first-order valence-corrected chi connectivity index (χ1v) is 6.38. The van der Waals surface area contributed by atoms with Gasteiger partial charge in [-0.05, 0) is 34.1 Å². The second-order valence-corrected chi connectivity index (χ2v) is 4.60. The summed E-state index contributed by atoms with van der Waals surface area (Å²) in [5.74, 6) is 1.04. The van der Waals surface area contributed by atoms with E-state index in [-0.39, 0.29) is 0 Å². The summed E-state index contributed by atoms with van der Waals surface area (Å²) in [6.07, 6.45) is 1.62. The van der Waals surface area contributed by atoms with Crippen molar-refractivity contribution in [2.24, 2.45) is 0 Å². The van der Waals surface area contributed by atoms with Crippen LogP contribution < -0.4 is 10.6 Å². The van der Waals surface area contributed by atoms with Crippen molar-refractivity contribution in [1.82, 2.24) is 9.97 Å². The highest BCUT2D eigenvalue weighted by Gasteiger charge is 2.07. The zero-order valence-electron chi connectivity index (χ0n) is 10.5. The number of nitrogens with one attached hydrogen (secondary N) is 2. The first-order chi connectivity index (χ1) is 9.67. The first-order valence-electron chi connectivity index (χ1n) is 5.59. The maximum absolute atomic E-state index is 9.00. The zero-order valence-corrected chi connectivity index (χ0v) is 12.1. The maximum Gasteiger partial charge on any atom is 0.224 e. The van der Waals surface area contributed by atoms with E-state index in [4.69, 9.17) is 10.5 Å². The second-order valence-electron chi connectivity index (χ2n) is 3.75. The van der Waals surface area contributed by atoms with E-state index in [0.717, 1.165) is 0 Å². The van der Waals surface area contributed by atoms with E-state index in [1.165, 1.54) is 0 Å². The van der Waals surface area contributed by atoms with Gasteiger partial charge < -0.3 is 10.6 Å².